The van der Waals surface area contributed by atoms with E-state index < -0.39 is 0 Å². The molecule has 21 heavy (non-hydrogen) atoms. The molecular formula is C16H23BrN2O2. The van der Waals surface area contributed by atoms with E-state index in [1.54, 1.807) is 0 Å². The van der Waals surface area contributed by atoms with E-state index in [-0.39, 0.29) is 18.0 Å². The van der Waals surface area contributed by atoms with Gasteiger partial charge in [-0.3, -0.25) is 4.79 Å². The normalized spacial score (nSPS) is 20.0. The number of hydrogen-bond acceptors (Lipinski definition) is 3. The molecule has 0 aliphatic carbocycles. The first kappa shape index (κ1) is 16.5. The summed E-state index contributed by atoms with van der Waals surface area (Å²) in [5.41, 5.74) is 1.14. The number of hydrogen-bond donors (Lipinski definition) is 1. The molecule has 116 valence electrons. The summed E-state index contributed by atoms with van der Waals surface area (Å²) in [6.45, 7) is 6.80. The van der Waals surface area contributed by atoms with Gasteiger partial charge in [0.1, 0.15) is 6.04 Å². The Kier molecular flexibility index (Phi) is 6.21. The number of rotatable bonds is 5. The molecule has 5 heteroatoms. The molecule has 1 saturated heterocycles. The van der Waals surface area contributed by atoms with Crippen molar-refractivity contribution in [3.63, 3.8) is 0 Å². The van der Waals surface area contributed by atoms with Crippen molar-refractivity contribution < 1.29 is 9.53 Å². The Morgan fingerprint density at radius 1 is 1.52 bits per heavy atom. The molecule has 1 aromatic carbocycles. The Balaban J connectivity index is 2.17. The van der Waals surface area contributed by atoms with Crippen LogP contribution in [-0.2, 0) is 9.53 Å². The highest BCUT2D eigenvalue weighted by Crippen LogP contribution is 2.28. The van der Waals surface area contributed by atoms with Crippen molar-refractivity contribution in [3.05, 3.63) is 34.3 Å². The van der Waals surface area contributed by atoms with Gasteiger partial charge in [0.25, 0.3) is 0 Å². The van der Waals surface area contributed by atoms with Gasteiger partial charge >= 0.3 is 0 Å². The fraction of sp³-hybridized carbons (Fsp3) is 0.562. The molecule has 1 heterocycles. The second-order valence-corrected chi connectivity index (χ2v) is 6.17. The third kappa shape index (κ3) is 4.05. The first-order valence-corrected chi connectivity index (χ1v) is 8.30. The summed E-state index contributed by atoms with van der Waals surface area (Å²) in [6.07, 6.45) is 0.939. The predicted octanol–water partition coefficient (Wildman–Crippen LogP) is 2.74. The molecule has 1 N–H and O–H groups in total. The second-order valence-electron chi connectivity index (χ2n) is 5.31. The molecule has 2 unspecified atom stereocenters. The van der Waals surface area contributed by atoms with Crippen molar-refractivity contribution in [1.29, 1.82) is 0 Å². The van der Waals surface area contributed by atoms with Gasteiger partial charge in [-0.1, -0.05) is 41.1 Å². The zero-order valence-corrected chi connectivity index (χ0v) is 14.2. The summed E-state index contributed by atoms with van der Waals surface area (Å²) in [7, 11) is 0. The van der Waals surface area contributed by atoms with Crippen LogP contribution in [0.4, 0.5) is 0 Å². The number of carbonyl (C=O) groups excluding carboxylic acids is 1. The molecule has 1 fully saturated rings. The van der Waals surface area contributed by atoms with Gasteiger partial charge in [-0.2, -0.15) is 0 Å². The minimum Gasteiger partial charge on any atom is -0.378 e. The molecule has 2 rings (SSSR count). The van der Waals surface area contributed by atoms with Crippen LogP contribution in [0, 0.1) is 0 Å². The van der Waals surface area contributed by atoms with Gasteiger partial charge in [0.15, 0.2) is 0 Å². The van der Waals surface area contributed by atoms with Gasteiger partial charge in [0, 0.05) is 17.6 Å². The molecular weight excluding hydrogens is 332 g/mol. The minimum absolute atomic E-state index is 0.0387. The maximum atomic E-state index is 12.8. The van der Waals surface area contributed by atoms with Crippen LogP contribution in [0.25, 0.3) is 0 Å². The van der Waals surface area contributed by atoms with E-state index in [1.165, 1.54) is 0 Å². The SMILES string of the molecule is CCCN(C(=O)C1COCCN1)C(C)c1ccccc1Br. The molecule has 2 atom stereocenters. The van der Waals surface area contributed by atoms with E-state index in [9.17, 15) is 4.79 Å². The fourth-order valence-corrected chi connectivity index (χ4v) is 3.26. The van der Waals surface area contributed by atoms with E-state index in [1.807, 2.05) is 23.1 Å². The largest absolute Gasteiger partial charge is 0.378 e. The lowest BCUT2D eigenvalue weighted by molar-refractivity contribution is -0.138. The predicted molar refractivity (Wildman–Crippen MR) is 87.2 cm³/mol. The Labute approximate surface area is 135 Å². The molecule has 0 bridgehead atoms. The average Bonchev–Trinajstić information content (AvgIpc) is 2.52. The molecule has 1 aliphatic rings. The van der Waals surface area contributed by atoms with E-state index in [0.29, 0.717) is 13.2 Å². The highest BCUT2D eigenvalue weighted by atomic mass is 79.9. The quantitative estimate of drug-likeness (QED) is 0.883. The lowest BCUT2D eigenvalue weighted by Crippen LogP contribution is -2.53. The Bertz CT molecular complexity index is 475. The van der Waals surface area contributed by atoms with Crippen molar-refractivity contribution in [3.8, 4) is 0 Å². The molecule has 1 aromatic rings. The summed E-state index contributed by atoms with van der Waals surface area (Å²) < 4.78 is 6.46. The molecule has 0 spiro atoms. The lowest BCUT2D eigenvalue weighted by Gasteiger charge is -2.34. The highest BCUT2D eigenvalue weighted by Gasteiger charge is 2.29. The van der Waals surface area contributed by atoms with Crippen molar-refractivity contribution in [1.82, 2.24) is 10.2 Å². The average molecular weight is 355 g/mol. The number of morpholine rings is 1. The van der Waals surface area contributed by atoms with Crippen LogP contribution < -0.4 is 5.32 Å². The molecule has 1 aliphatic heterocycles. The molecule has 0 aromatic heterocycles. The van der Waals surface area contributed by atoms with Gasteiger partial charge in [-0.05, 0) is 25.0 Å². The van der Waals surface area contributed by atoms with E-state index >= 15 is 0 Å². The standard InChI is InChI=1S/C16H23BrN2O2/c1-3-9-19(16(20)15-11-21-10-8-18-15)12(2)13-6-4-5-7-14(13)17/h4-7,12,15,18H,3,8-11H2,1-2H3. The number of carbonyl (C=O) groups is 1. The summed E-state index contributed by atoms with van der Waals surface area (Å²) in [5, 5.41) is 3.25. The monoisotopic (exact) mass is 354 g/mol. The van der Waals surface area contributed by atoms with Gasteiger partial charge in [0.2, 0.25) is 5.91 Å². The summed E-state index contributed by atoms with van der Waals surface area (Å²) in [4.78, 5) is 14.7. The summed E-state index contributed by atoms with van der Waals surface area (Å²) >= 11 is 3.58. The number of amides is 1. The molecule has 0 radical (unpaired) electrons. The number of nitrogens with one attached hydrogen (secondary N) is 1. The number of ether oxygens (including phenoxy) is 1. The molecule has 4 nitrogen and oxygen atoms in total. The van der Waals surface area contributed by atoms with E-state index in [4.69, 9.17) is 4.74 Å². The topological polar surface area (TPSA) is 41.6 Å². The number of nitrogens with zero attached hydrogens (tertiary/aromatic N) is 1. The van der Waals surface area contributed by atoms with Crippen LogP contribution >= 0.6 is 15.9 Å². The fourth-order valence-electron chi connectivity index (χ4n) is 2.64. The second kappa shape index (κ2) is 7.92. The van der Waals surface area contributed by atoms with E-state index in [2.05, 4.69) is 41.2 Å². The molecule has 0 saturated carbocycles. The van der Waals surface area contributed by atoms with Crippen LogP contribution in [-0.4, -0.2) is 43.2 Å². The highest BCUT2D eigenvalue weighted by molar-refractivity contribution is 9.10. The smallest absolute Gasteiger partial charge is 0.242 e. The van der Waals surface area contributed by atoms with Crippen LogP contribution in [0.2, 0.25) is 0 Å². The first-order chi connectivity index (χ1) is 10.1. The van der Waals surface area contributed by atoms with Crippen molar-refractivity contribution in [2.75, 3.05) is 26.3 Å². The Morgan fingerprint density at radius 3 is 2.90 bits per heavy atom. The maximum absolute atomic E-state index is 12.8. The summed E-state index contributed by atoms with van der Waals surface area (Å²) in [6, 6.07) is 7.89. The zero-order valence-electron chi connectivity index (χ0n) is 12.6. The van der Waals surface area contributed by atoms with Crippen LogP contribution in [0.3, 0.4) is 0 Å². The van der Waals surface area contributed by atoms with Gasteiger partial charge in [-0.15, -0.1) is 0 Å². The van der Waals surface area contributed by atoms with Crippen molar-refractivity contribution >= 4 is 21.8 Å². The van der Waals surface area contributed by atoms with Gasteiger partial charge in [0.05, 0.1) is 19.3 Å². The van der Waals surface area contributed by atoms with Crippen LogP contribution in [0.15, 0.2) is 28.7 Å². The lowest BCUT2D eigenvalue weighted by atomic mass is 10.1. The molecule has 1 amide bonds. The number of halogens is 1. The van der Waals surface area contributed by atoms with Crippen LogP contribution in [0.5, 0.6) is 0 Å². The van der Waals surface area contributed by atoms with Gasteiger partial charge in [-0.25, -0.2) is 0 Å². The maximum Gasteiger partial charge on any atom is 0.242 e. The van der Waals surface area contributed by atoms with Crippen molar-refractivity contribution in [2.45, 2.75) is 32.4 Å². The van der Waals surface area contributed by atoms with Gasteiger partial charge < -0.3 is 15.0 Å². The number of benzene rings is 1. The van der Waals surface area contributed by atoms with Crippen LogP contribution in [0.1, 0.15) is 31.9 Å². The minimum atomic E-state index is -0.227. The zero-order chi connectivity index (χ0) is 15.2. The Hall–Kier alpha value is -0.910. The third-order valence-electron chi connectivity index (χ3n) is 3.79. The van der Waals surface area contributed by atoms with Crippen molar-refractivity contribution in [2.24, 2.45) is 0 Å². The Morgan fingerprint density at radius 2 is 2.29 bits per heavy atom. The first-order valence-electron chi connectivity index (χ1n) is 7.51. The third-order valence-corrected chi connectivity index (χ3v) is 4.51. The summed E-state index contributed by atoms with van der Waals surface area (Å²) in [5.74, 6) is 0.125. The van der Waals surface area contributed by atoms with E-state index in [0.717, 1.165) is 29.5 Å².